The van der Waals surface area contributed by atoms with Gasteiger partial charge in [-0.2, -0.15) is 0 Å². The smallest absolute Gasteiger partial charge is 0.265 e. The fourth-order valence-electron chi connectivity index (χ4n) is 4.08. The first kappa shape index (κ1) is 20.5. The largest absolute Gasteiger partial charge is 0.497 e. The minimum absolute atomic E-state index is 0.0622. The Kier molecular flexibility index (Phi) is 5.16. The Morgan fingerprint density at radius 3 is 2.30 bits per heavy atom. The summed E-state index contributed by atoms with van der Waals surface area (Å²) in [5.74, 6) is 8.00. The number of benzene rings is 4. The molecule has 0 fully saturated rings. The van der Waals surface area contributed by atoms with Gasteiger partial charge < -0.3 is 4.74 Å². The molecule has 0 bridgehead atoms. The molecule has 4 aromatic carbocycles. The van der Waals surface area contributed by atoms with Gasteiger partial charge in [0, 0.05) is 11.1 Å². The van der Waals surface area contributed by atoms with Gasteiger partial charge in [-0.3, -0.25) is 9.36 Å². The highest BCUT2D eigenvalue weighted by Crippen LogP contribution is 2.22. The summed E-state index contributed by atoms with van der Waals surface area (Å²) in [6, 6.07) is 25.5. The van der Waals surface area contributed by atoms with Crippen molar-refractivity contribution in [1.82, 2.24) is 9.55 Å². The fourth-order valence-corrected chi connectivity index (χ4v) is 4.08. The van der Waals surface area contributed by atoms with E-state index >= 15 is 0 Å². The maximum Gasteiger partial charge on any atom is 0.265 e. The Morgan fingerprint density at radius 1 is 0.818 bits per heavy atom. The van der Waals surface area contributed by atoms with Crippen molar-refractivity contribution >= 4 is 21.7 Å². The Morgan fingerprint density at radius 2 is 1.52 bits per heavy atom. The first-order chi connectivity index (χ1) is 16.0. The van der Waals surface area contributed by atoms with Crippen molar-refractivity contribution in [2.75, 3.05) is 7.11 Å². The van der Waals surface area contributed by atoms with Gasteiger partial charge in [-0.1, -0.05) is 36.1 Å². The number of nitrogens with zero attached hydrogens (tertiary/aromatic N) is 2. The van der Waals surface area contributed by atoms with E-state index in [2.05, 4.69) is 29.0 Å². The van der Waals surface area contributed by atoms with E-state index in [0.29, 0.717) is 16.7 Å². The van der Waals surface area contributed by atoms with Gasteiger partial charge in [0.2, 0.25) is 0 Å². The fraction of sp³-hybridized carbons (Fsp3) is 0.103. The highest BCUT2D eigenvalue weighted by molar-refractivity contribution is 5.85. The third kappa shape index (κ3) is 3.86. The van der Waals surface area contributed by atoms with Gasteiger partial charge in [-0.05, 0) is 84.8 Å². The van der Waals surface area contributed by atoms with E-state index in [0.717, 1.165) is 38.9 Å². The number of para-hydroxylation sites is 1. The van der Waals surface area contributed by atoms with Crippen LogP contribution in [0.1, 0.15) is 22.5 Å². The van der Waals surface area contributed by atoms with Crippen molar-refractivity contribution in [2.45, 2.75) is 13.8 Å². The molecule has 1 aromatic heterocycles. The van der Waals surface area contributed by atoms with Crippen molar-refractivity contribution < 1.29 is 4.74 Å². The lowest BCUT2D eigenvalue weighted by atomic mass is 10.1. The molecule has 0 radical (unpaired) electrons. The maximum absolute atomic E-state index is 13.1. The number of aryl methyl sites for hydroxylation is 2. The molecule has 0 unspecified atom stereocenters. The summed E-state index contributed by atoms with van der Waals surface area (Å²) in [5, 5.41) is 2.85. The zero-order valence-electron chi connectivity index (χ0n) is 18.7. The van der Waals surface area contributed by atoms with Crippen LogP contribution in [0.5, 0.6) is 5.75 Å². The van der Waals surface area contributed by atoms with Gasteiger partial charge >= 0.3 is 0 Å². The van der Waals surface area contributed by atoms with Crippen LogP contribution in [0.25, 0.3) is 27.4 Å². The highest BCUT2D eigenvalue weighted by atomic mass is 16.5. The molecule has 33 heavy (non-hydrogen) atoms. The van der Waals surface area contributed by atoms with Crippen molar-refractivity contribution in [1.29, 1.82) is 0 Å². The average Bonchev–Trinajstić information content (AvgIpc) is 2.83. The number of methoxy groups -OCH3 is 1. The van der Waals surface area contributed by atoms with Crippen LogP contribution in [0, 0.1) is 25.7 Å². The number of hydrogen-bond acceptors (Lipinski definition) is 3. The summed E-state index contributed by atoms with van der Waals surface area (Å²) in [6.07, 6.45) is 0. The molecule has 5 rings (SSSR count). The van der Waals surface area contributed by atoms with Gasteiger partial charge in [0.1, 0.15) is 11.6 Å². The molecule has 0 aliphatic rings. The molecule has 4 nitrogen and oxygen atoms in total. The first-order valence-electron chi connectivity index (χ1n) is 10.7. The zero-order valence-corrected chi connectivity index (χ0v) is 18.7. The predicted octanol–water partition coefficient (Wildman–Crippen LogP) is 5.56. The third-order valence-corrected chi connectivity index (χ3v) is 5.78. The molecular formula is C29H22N2O2. The van der Waals surface area contributed by atoms with Crippen LogP contribution in [0.15, 0.2) is 83.7 Å². The molecule has 0 saturated carbocycles. The molecule has 1 heterocycles. The van der Waals surface area contributed by atoms with E-state index in [4.69, 9.17) is 4.74 Å². The summed E-state index contributed by atoms with van der Waals surface area (Å²) in [4.78, 5) is 17.7. The minimum Gasteiger partial charge on any atom is -0.497 e. The Hall–Kier alpha value is -4.36. The minimum atomic E-state index is -0.0622. The van der Waals surface area contributed by atoms with E-state index in [1.807, 2.05) is 80.6 Å². The van der Waals surface area contributed by atoms with Crippen molar-refractivity contribution in [3.63, 3.8) is 0 Å². The number of aromatic nitrogens is 2. The highest BCUT2D eigenvalue weighted by Gasteiger charge is 2.11. The van der Waals surface area contributed by atoms with Crippen LogP contribution in [0.2, 0.25) is 0 Å². The maximum atomic E-state index is 13.1. The van der Waals surface area contributed by atoms with Crippen LogP contribution < -0.4 is 10.3 Å². The molecule has 5 aromatic rings. The third-order valence-electron chi connectivity index (χ3n) is 5.78. The molecule has 0 N–H and O–H groups in total. The average molecular weight is 431 g/mol. The van der Waals surface area contributed by atoms with E-state index < -0.39 is 0 Å². The quantitative estimate of drug-likeness (QED) is 0.344. The molecule has 0 saturated heterocycles. The monoisotopic (exact) mass is 430 g/mol. The van der Waals surface area contributed by atoms with Gasteiger partial charge in [0.15, 0.2) is 0 Å². The molecule has 0 aliphatic carbocycles. The summed E-state index contributed by atoms with van der Waals surface area (Å²) in [5.41, 5.74) is 4.28. The lowest BCUT2D eigenvalue weighted by Gasteiger charge is -2.13. The number of fused-ring (bicyclic) bond motifs is 2. The topological polar surface area (TPSA) is 44.1 Å². The second kappa shape index (κ2) is 8.29. The second-order valence-electron chi connectivity index (χ2n) is 8.00. The van der Waals surface area contributed by atoms with Crippen molar-refractivity contribution in [3.05, 3.63) is 112 Å². The van der Waals surface area contributed by atoms with Crippen LogP contribution in [-0.4, -0.2) is 16.7 Å². The zero-order chi connectivity index (χ0) is 22.9. The summed E-state index contributed by atoms with van der Waals surface area (Å²) >= 11 is 0. The van der Waals surface area contributed by atoms with E-state index in [1.54, 1.807) is 11.7 Å². The van der Waals surface area contributed by atoms with Crippen molar-refractivity contribution in [3.8, 4) is 23.3 Å². The SMILES string of the molecule is COc1ccc2cc(C#Cc3ccc(-n4c(C)nc5ccccc5c4=O)c(C)c3)ccc2c1. The van der Waals surface area contributed by atoms with Gasteiger partial charge in [0.05, 0.1) is 23.7 Å². The molecule has 0 atom stereocenters. The predicted molar refractivity (Wildman–Crippen MR) is 133 cm³/mol. The normalized spacial score (nSPS) is 10.8. The van der Waals surface area contributed by atoms with Gasteiger partial charge in [-0.25, -0.2) is 4.98 Å². The van der Waals surface area contributed by atoms with Crippen LogP contribution in [0.3, 0.4) is 0 Å². The van der Waals surface area contributed by atoms with Gasteiger partial charge in [-0.15, -0.1) is 0 Å². The lowest BCUT2D eigenvalue weighted by Crippen LogP contribution is -2.23. The summed E-state index contributed by atoms with van der Waals surface area (Å²) < 4.78 is 6.97. The van der Waals surface area contributed by atoms with Crippen LogP contribution in [0.4, 0.5) is 0 Å². The summed E-state index contributed by atoms with van der Waals surface area (Å²) in [6.45, 7) is 3.85. The van der Waals surface area contributed by atoms with E-state index in [-0.39, 0.29) is 5.56 Å². The molecule has 0 spiro atoms. The molecule has 4 heteroatoms. The number of rotatable bonds is 2. The van der Waals surface area contributed by atoms with E-state index in [1.165, 1.54) is 0 Å². The number of ether oxygens (including phenoxy) is 1. The lowest BCUT2D eigenvalue weighted by molar-refractivity contribution is 0.415. The second-order valence-corrected chi connectivity index (χ2v) is 8.00. The van der Waals surface area contributed by atoms with E-state index in [9.17, 15) is 4.79 Å². The number of hydrogen-bond donors (Lipinski definition) is 0. The molecule has 0 amide bonds. The standard InChI is InChI=1S/C29H22N2O2/c1-19-16-21(8-9-22-10-12-24-18-25(33-3)14-13-23(24)17-22)11-15-28(19)31-20(2)30-27-7-5-4-6-26(27)29(31)32/h4-7,10-18H,1-3H3. The van der Waals surface area contributed by atoms with Crippen LogP contribution >= 0.6 is 0 Å². The molecule has 0 aliphatic heterocycles. The Labute approximate surface area is 192 Å². The van der Waals surface area contributed by atoms with Gasteiger partial charge in [0.25, 0.3) is 5.56 Å². The molecule has 160 valence electrons. The summed E-state index contributed by atoms with van der Waals surface area (Å²) in [7, 11) is 1.67. The van der Waals surface area contributed by atoms with Crippen molar-refractivity contribution in [2.24, 2.45) is 0 Å². The first-order valence-corrected chi connectivity index (χ1v) is 10.7. The Balaban J connectivity index is 1.50. The Bertz CT molecular complexity index is 1650. The molecular weight excluding hydrogens is 408 g/mol. The van der Waals surface area contributed by atoms with Crippen LogP contribution in [-0.2, 0) is 0 Å².